The third kappa shape index (κ3) is 1.42. The van der Waals surface area contributed by atoms with E-state index in [1.54, 1.807) is 26.0 Å². The van der Waals surface area contributed by atoms with Gasteiger partial charge in [-0.3, -0.25) is 4.79 Å². The number of thiophene rings is 1. The Hall–Kier alpha value is -2.24. The van der Waals surface area contributed by atoms with Crippen molar-refractivity contribution in [2.24, 2.45) is 0 Å². The van der Waals surface area contributed by atoms with E-state index in [0.29, 0.717) is 16.7 Å². The summed E-state index contributed by atoms with van der Waals surface area (Å²) in [4.78, 5) is 15.5. The molecule has 2 rings (SSSR count). The van der Waals surface area contributed by atoms with Crippen LogP contribution in [0.1, 0.15) is 27.7 Å². The lowest BCUT2D eigenvalue weighted by Gasteiger charge is -2.02. The minimum atomic E-state index is -0.441. The highest BCUT2D eigenvalue weighted by Gasteiger charge is 2.36. The number of carbonyl (C=O) groups excluding carboxylic acids is 1. The maximum Gasteiger partial charge on any atom is 0.270 e. The van der Waals surface area contributed by atoms with Crippen molar-refractivity contribution < 1.29 is 9.18 Å². The van der Waals surface area contributed by atoms with Crippen molar-refractivity contribution in [1.29, 1.82) is 5.26 Å². The maximum absolute atomic E-state index is 13.5. The van der Waals surface area contributed by atoms with E-state index >= 15 is 0 Å². The molecule has 1 aromatic heterocycles. The summed E-state index contributed by atoms with van der Waals surface area (Å²) in [6.07, 6.45) is 1.56. The van der Waals surface area contributed by atoms with Gasteiger partial charge >= 0.3 is 0 Å². The lowest BCUT2D eigenvalue weighted by Crippen LogP contribution is -1.94. The Labute approximate surface area is 107 Å². The normalized spacial score (nSPS) is 18.5. The summed E-state index contributed by atoms with van der Waals surface area (Å²) in [6, 6.07) is 1.77. The third-order valence-corrected chi connectivity index (χ3v) is 3.88. The molecule has 18 heavy (non-hydrogen) atoms. The summed E-state index contributed by atoms with van der Waals surface area (Å²) in [5.41, 5.74) is 1.14. The van der Waals surface area contributed by atoms with Gasteiger partial charge in [0, 0.05) is 22.3 Å². The highest BCUT2D eigenvalue weighted by molar-refractivity contribution is 7.13. The van der Waals surface area contributed by atoms with Crippen LogP contribution in [0.25, 0.3) is 10.4 Å². The van der Waals surface area contributed by atoms with Crippen LogP contribution in [-0.4, -0.2) is 5.78 Å². The average molecular weight is 258 g/mol. The third-order valence-electron chi connectivity index (χ3n) is 2.80. The van der Waals surface area contributed by atoms with Crippen molar-refractivity contribution in [3.8, 4) is 6.07 Å². The first-order valence-corrected chi connectivity index (χ1v) is 5.90. The summed E-state index contributed by atoms with van der Waals surface area (Å²) >= 11 is 0.769. The molecule has 0 radical (unpaired) electrons. The molecule has 1 heterocycles. The standard InChI is InChI=1S/C13H7FN2OS/c1-4-7-10(8(5-15)16-3)9-6(2)13(14)18-12(9)11(7)17/h4H,1-2H3/b7-4-,10-8+. The van der Waals surface area contributed by atoms with Crippen molar-refractivity contribution in [3.63, 3.8) is 0 Å². The SMILES string of the molecule is [C-]#[N+]/C(C#N)=C1\C(=C\C)C(=O)c2sc(F)c(C)c21. The first-order valence-electron chi connectivity index (χ1n) is 5.09. The van der Waals surface area contributed by atoms with Gasteiger partial charge in [0.05, 0.1) is 17.5 Å². The second-order valence-electron chi connectivity index (χ2n) is 3.68. The molecular formula is C13H7FN2OS. The fourth-order valence-electron chi connectivity index (χ4n) is 1.98. The fourth-order valence-corrected chi connectivity index (χ4v) is 2.97. The van der Waals surface area contributed by atoms with Crippen molar-refractivity contribution in [3.05, 3.63) is 49.9 Å². The Morgan fingerprint density at radius 3 is 2.78 bits per heavy atom. The van der Waals surface area contributed by atoms with E-state index in [0.717, 1.165) is 11.3 Å². The number of allylic oxidation sites excluding steroid dienone is 4. The number of nitriles is 1. The van der Waals surface area contributed by atoms with Crippen LogP contribution >= 0.6 is 11.3 Å². The van der Waals surface area contributed by atoms with Gasteiger partial charge in [0.25, 0.3) is 5.70 Å². The monoisotopic (exact) mass is 258 g/mol. The van der Waals surface area contributed by atoms with Gasteiger partial charge in [-0.1, -0.05) is 6.08 Å². The van der Waals surface area contributed by atoms with E-state index in [1.165, 1.54) is 0 Å². The molecule has 0 atom stereocenters. The molecule has 0 saturated heterocycles. The largest absolute Gasteiger partial charge is 0.288 e. The zero-order valence-corrected chi connectivity index (χ0v) is 10.5. The summed E-state index contributed by atoms with van der Waals surface area (Å²) in [6.45, 7) is 10.2. The van der Waals surface area contributed by atoms with Crippen molar-refractivity contribution in [2.75, 3.05) is 0 Å². The second kappa shape index (κ2) is 4.21. The van der Waals surface area contributed by atoms with Gasteiger partial charge < -0.3 is 0 Å². The Bertz CT molecular complexity index is 695. The quantitative estimate of drug-likeness (QED) is 0.406. The van der Waals surface area contributed by atoms with Crippen LogP contribution in [0.3, 0.4) is 0 Å². The Morgan fingerprint density at radius 1 is 1.61 bits per heavy atom. The van der Waals surface area contributed by atoms with Crippen LogP contribution in [0.2, 0.25) is 0 Å². The van der Waals surface area contributed by atoms with Gasteiger partial charge in [0.2, 0.25) is 5.78 Å². The van der Waals surface area contributed by atoms with Crippen LogP contribution in [0.15, 0.2) is 17.3 Å². The summed E-state index contributed by atoms with van der Waals surface area (Å²) in [7, 11) is 0. The molecule has 0 amide bonds. The first kappa shape index (κ1) is 12.2. The van der Waals surface area contributed by atoms with E-state index in [1.807, 2.05) is 0 Å². The molecule has 3 nitrogen and oxygen atoms in total. The molecule has 0 bridgehead atoms. The Kier molecular flexibility index (Phi) is 2.86. The van der Waals surface area contributed by atoms with Crippen LogP contribution in [0.5, 0.6) is 0 Å². The molecule has 0 unspecified atom stereocenters. The smallest absolute Gasteiger partial charge is 0.270 e. The zero-order valence-electron chi connectivity index (χ0n) is 9.67. The average Bonchev–Trinajstić information content (AvgIpc) is 2.79. The molecule has 88 valence electrons. The van der Waals surface area contributed by atoms with E-state index < -0.39 is 5.13 Å². The van der Waals surface area contributed by atoms with Crippen LogP contribution in [0, 0.1) is 30.0 Å². The molecule has 0 N–H and O–H groups in total. The van der Waals surface area contributed by atoms with E-state index in [4.69, 9.17) is 11.8 Å². The van der Waals surface area contributed by atoms with Gasteiger partial charge in [0.15, 0.2) is 5.13 Å². The number of nitrogens with zero attached hydrogens (tertiary/aromatic N) is 2. The van der Waals surface area contributed by atoms with Crippen LogP contribution in [-0.2, 0) is 0 Å². The lowest BCUT2D eigenvalue weighted by molar-refractivity contribution is 0.104. The van der Waals surface area contributed by atoms with Gasteiger partial charge in [-0.05, 0) is 13.8 Å². The van der Waals surface area contributed by atoms with E-state index in [9.17, 15) is 9.18 Å². The lowest BCUT2D eigenvalue weighted by atomic mass is 10.0. The van der Waals surface area contributed by atoms with Crippen molar-refractivity contribution in [2.45, 2.75) is 13.8 Å². The first-order chi connectivity index (χ1) is 8.56. The Balaban J connectivity index is 2.92. The molecule has 0 aliphatic heterocycles. The van der Waals surface area contributed by atoms with Gasteiger partial charge in [0.1, 0.15) is 0 Å². The predicted octanol–water partition coefficient (Wildman–Crippen LogP) is 3.49. The maximum atomic E-state index is 13.5. The highest BCUT2D eigenvalue weighted by atomic mass is 32.1. The fraction of sp³-hybridized carbons (Fsp3) is 0.154. The molecular weight excluding hydrogens is 251 g/mol. The number of rotatable bonds is 0. The number of halogens is 1. The number of fused-ring (bicyclic) bond motifs is 1. The zero-order chi connectivity index (χ0) is 13.4. The minimum absolute atomic E-state index is 0.170. The second-order valence-corrected chi connectivity index (χ2v) is 4.65. The van der Waals surface area contributed by atoms with Crippen molar-refractivity contribution >= 4 is 22.7 Å². The van der Waals surface area contributed by atoms with Crippen LogP contribution < -0.4 is 0 Å². The molecule has 1 aromatic rings. The Morgan fingerprint density at radius 2 is 2.28 bits per heavy atom. The molecule has 0 spiro atoms. The molecule has 0 aromatic carbocycles. The number of carbonyl (C=O) groups is 1. The summed E-state index contributed by atoms with van der Waals surface area (Å²) < 4.78 is 13.5. The van der Waals surface area contributed by atoms with E-state index in [-0.39, 0.29) is 21.9 Å². The van der Waals surface area contributed by atoms with E-state index in [2.05, 4.69) is 4.85 Å². The number of ketones is 1. The topological polar surface area (TPSA) is 45.2 Å². The molecule has 0 fully saturated rings. The van der Waals surface area contributed by atoms with Crippen LogP contribution in [0.4, 0.5) is 4.39 Å². The summed E-state index contributed by atoms with van der Waals surface area (Å²) in [5.74, 6) is -0.309. The number of Topliss-reactive ketones (excluding diaryl/α,β-unsaturated/α-hetero) is 1. The highest BCUT2D eigenvalue weighted by Crippen LogP contribution is 2.45. The molecule has 0 saturated carbocycles. The molecule has 5 heteroatoms. The molecule has 1 aliphatic carbocycles. The summed E-state index contributed by atoms with van der Waals surface area (Å²) in [5, 5.41) is 8.52. The molecule has 1 aliphatic rings. The van der Waals surface area contributed by atoms with Gasteiger partial charge in [-0.25, -0.2) is 10.1 Å². The minimum Gasteiger partial charge on any atom is -0.288 e. The number of hydrogen-bond donors (Lipinski definition) is 0. The predicted molar refractivity (Wildman–Crippen MR) is 66.2 cm³/mol. The van der Waals surface area contributed by atoms with Gasteiger partial charge in [-0.2, -0.15) is 4.39 Å². The van der Waals surface area contributed by atoms with Gasteiger partial charge in [-0.15, -0.1) is 11.3 Å². The van der Waals surface area contributed by atoms with Crippen molar-refractivity contribution in [1.82, 2.24) is 0 Å². The number of hydrogen-bond acceptors (Lipinski definition) is 3.